The average molecular weight is 224 g/mol. The molecule has 1 unspecified atom stereocenters. The molecule has 0 fully saturated rings. The number of carbonyl (C=O) groups is 2. The summed E-state index contributed by atoms with van der Waals surface area (Å²) in [5.41, 5.74) is 2.81. The SMILES string of the molecule is Cc1ccc2c(c1)C(=O)C1CC=CC=C1C2=O. The maximum atomic E-state index is 12.3. The minimum Gasteiger partial charge on any atom is -0.293 e. The molecule has 0 N–H and O–H groups in total. The molecule has 1 aromatic carbocycles. The van der Waals surface area contributed by atoms with Crippen LogP contribution in [0, 0.1) is 12.8 Å². The molecule has 17 heavy (non-hydrogen) atoms. The van der Waals surface area contributed by atoms with Crippen LogP contribution in [0.4, 0.5) is 0 Å². The number of Topliss-reactive ketones (excluding diaryl/α,β-unsaturated/α-hetero) is 2. The fourth-order valence-corrected chi connectivity index (χ4v) is 2.51. The molecule has 0 heterocycles. The molecular weight excluding hydrogens is 212 g/mol. The number of aryl methyl sites for hydroxylation is 1. The molecule has 0 aliphatic heterocycles. The Bertz CT molecular complexity index is 591. The number of rotatable bonds is 0. The van der Waals surface area contributed by atoms with Gasteiger partial charge in [-0.15, -0.1) is 0 Å². The summed E-state index contributed by atoms with van der Waals surface area (Å²) in [6, 6.07) is 5.47. The third-order valence-electron chi connectivity index (χ3n) is 3.42. The van der Waals surface area contributed by atoms with Crippen LogP contribution in [-0.4, -0.2) is 11.6 Å². The highest BCUT2D eigenvalue weighted by molar-refractivity contribution is 6.23. The van der Waals surface area contributed by atoms with Gasteiger partial charge in [0.15, 0.2) is 11.6 Å². The maximum absolute atomic E-state index is 12.3. The van der Waals surface area contributed by atoms with Gasteiger partial charge < -0.3 is 0 Å². The van der Waals surface area contributed by atoms with E-state index in [0.29, 0.717) is 23.1 Å². The average Bonchev–Trinajstić information content (AvgIpc) is 2.36. The van der Waals surface area contributed by atoms with E-state index in [9.17, 15) is 9.59 Å². The highest BCUT2D eigenvalue weighted by atomic mass is 16.1. The van der Waals surface area contributed by atoms with Crippen LogP contribution in [0.2, 0.25) is 0 Å². The molecule has 0 saturated heterocycles. The van der Waals surface area contributed by atoms with Crippen molar-refractivity contribution in [1.29, 1.82) is 0 Å². The summed E-state index contributed by atoms with van der Waals surface area (Å²) in [7, 11) is 0. The first-order valence-corrected chi connectivity index (χ1v) is 5.75. The van der Waals surface area contributed by atoms with E-state index < -0.39 is 0 Å². The van der Waals surface area contributed by atoms with Crippen molar-refractivity contribution in [3.8, 4) is 0 Å². The van der Waals surface area contributed by atoms with Crippen molar-refractivity contribution < 1.29 is 9.59 Å². The fourth-order valence-electron chi connectivity index (χ4n) is 2.51. The zero-order valence-electron chi connectivity index (χ0n) is 9.57. The maximum Gasteiger partial charge on any atom is 0.190 e. The standard InChI is InChI=1S/C15H12O2/c1-9-6-7-12-13(8-9)15(17)11-5-3-2-4-10(11)14(12)16/h2-4,6-8,11H,5H2,1H3. The third-order valence-corrected chi connectivity index (χ3v) is 3.42. The first kappa shape index (κ1) is 10.2. The van der Waals surface area contributed by atoms with Gasteiger partial charge in [-0.25, -0.2) is 0 Å². The van der Waals surface area contributed by atoms with E-state index in [2.05, 4.69) is 0 Å². The van der Waals surface area contributed by atoms with E-state index in [1.165, 1.54) is 0 Å². The Morgan fingerprint density at radius 2 is 2.00 bits per heavy atom. The molecule has 2 heteroatoms. The van der Waals surface area contributed by atoms with E-state index in [1.54, 1.807) is 12.1 Å². The summed E-state index contributed by atoms with van der Waals surface area (Å²) >= 11 is 0. The van der Waals surface area contributed by atoms with Crippen LogP contribution < -0.4 is 0 Å². The van der Waals surface area contributed by atoms with Gasteiger partial charge in [0.1, 0.15) is 0 Å². The summed E-state index contributed by atoms with van der Waals surface area (Å²) < 4.78 is 0. The molecule has 3 rings (SSSR count). The van der Waals surface area contributed by atoms with Crippen molar-refractivity contribution in [3.63, 3.8) is 0 Å². The molecular formula is C15H12O2. The molecule has 84 valence electrons. The second-order valence-corrected chi connectivity index (χ2v) is 4.58. The Kier molecular flexibility index (Phi) is 2.11. The van der Waals surface area contributed by atoms with Gasteiger partial charge in [0.25, 0.3) is 0 Å². The van der Waals surface area contributed by atoms with E-state index in [4.69, 9.17) is 0 Å². The van der Waals surface area contributed by atoms with Gasteiger partial charge in [0.05, 0.1) is 5.92 Å². The van der Waals surface area contributed by atoms with Crippen LogP contribution in [0.3, 0.4) is 0 Å². The van der Waals surface area contributed by atoms with Gasteiger partial charge >= 0.3 is 0 Å². The Morgan fingerprint density at radius 1 is 1.18 bits per heavy atom. The monoisotopic (exact) mass is 224 g/mol. The van der Waals surface area contributed by atoms with Crippen LogP contribution in [0.5, 0.6) is 0 Å². The molecule has 1 aromatic rings. The molecule has 0 saturated carbocycles. The van der Waals surface area contributed by atoms with Crippen molar-refractivity contribution in [2.75, 3.05) is 0 Å². The summed E-state index contributed by atoms with van der Waals surface area (Å²) in [6.45, 7) is 1.93. The highest BCUT2D eigenvalue weighted by Gasteiger charge is 2.36. The summed E-state index contributed by atoms with van der Waals surface area (Å²) in [6.07, 6.45) is 6.22. The van der Waals surface area contributed by atoms with Gasteiger partial charge in [-0.3, -0.25) is 9.59 Å². The number of allylic oxidation sites excluding steroid dienone is 4. The van der Waals surface area contributed by atoms with Crippen LogP contribution in [0.1, 0.15) is 32.7 Å². The molecule has 0 amide bonds. The third kappa shape index (κ3) is 1.41. The zero-order chi connectivity index (χ0) is 12.0. The number of carbonyl (C=O) groups excluding carboxylic acids is 2. The molecule has 0 spiro atoms. The van der Waals surface area contributed by atoms with Gasteiger partial charge in [0.2, 0.25) is 0 Å². The number of ketones is 2. The summed E-state index contributed by atoms with van der Waals surface area (Å²) in [5, 5.41) is 0. The van der Waals surface area contributed by atoms with E-state index >= 15 is 0 Å². The van der Waals surface area contributed by atoms with Crippen LogP contribution in [-0.2, 0) is 0 Å². The lowest BCUT2D eigenvalue weighted by atomic mass is 9.74. The predicted octanol–water partition coefficient (Wildman–Crippen LogP) is 2.88. The van der Waals surface area contributed by atoms with Crippen molar-refractivity contribution in [1.82, 2.24) is 0 Å². The Hall–Kier alpha value is -1.96. The van der Waals surface area contributed by atoms with E-state index in [-0.39, 0.29) is 17.5 Å². The van der Waals surface area contributed by atoms with Crippen molar-refractivity contribution >= 4 is 11.6 Å². The van der Waals surface area contributed by atoms with Gasteiger partial charge in [-0.2, -0.15) is 0 Å². The number of fused-ring (bicyclic) bond motifs is 2. The lowest BCUT2D eigenvalue weighted by Gasteiger charge is -2.26. The van der Waals surface area contributed by atoms with E-state index in [0.717, 1.165) is 5.56 Å². The number of hydrogen-bond donors (Lipinski definition) is 0. The highest BCUT2D eigenvalue weighted by Crippen LogP contribution is 2.34. The molecule has 2 aliphatic rings. The van der Waals surface area contributed by atoms with Crippen molar-refractivity contribution in [2.45, 2.75) is 13.3 Å². The number of benzene rings is 1. The van der Waals surface area contributed by atoms with Gasteiger partial charge in [0, 0.05) is 16.7 Å². The van der Waals surface area contributed by atoms with Crippen molar-refractivity contribution in [2.24, 2.45) is 5.92 Å². The minimum absolute atomic E-state index is 0.00829. The smallest absolute Gasteiger partial charge is 0.190 e. The number of hydrogen-bond acceptors (Lipinski definition) is 2. The first-order chi connectivity index (χ1) is 8.18. The lowest BCUT2D eigenvalue weighted by Crippen LogP contribution is -2.30. The second-order valence-electron chi connectivity index (χ2n) is 4.58. The van der Waals surface area contributed by atoms with Gasteiger partial charge in [-0.1, -0.05) is 35.9 Å². The topological polar surface area (TPSA) is 34.1 Å². The van der Waals surface area contributed by atoms with Crippen LogP contribution in [0.15, 0.2) is 42.0 Å². The van der Waals surface area contributed by atoms with E-state index in [1.807, 2.05) is 31.2 Å². The quantitative estimate of drug-likeness (QED) is 0.679. The zero-order valence-corrected chi connectivity index (χ0v) is 9.57. The molecule has 1 atom stereocenters. The molecule has 2 nitrogen and oxygen atoms in total. The molecule has 0 radical (unpaired) electrons. The molecule has 2 aliphatic carbocycles. The fraction of sp³-hybridized carbons (Fsp3) is 0.200. The van der Waals surface area contributed by atoms with Crippen LogP contribution >= 0.6 is 0 Å². The Labute approximate surface area is 99.6 Å². The minimum atomic E-state index is -0.262. The molecule has 0 bridgehead atoms. The van der Waals surface area contributed by atoms with Crippen molar-refractivity contribution in [3.05, 3.63) is 58.7 Å². The van der Waals surface area contributed by atoms with Crippen LogP contribution in [0.25, 0.3) is 0 Å². The normalized spacial score (nSPS) is 21.9. The lowest BCUT2D eigenvalue weighted by molar-refractivity contribution is 0.0882. The molecule has 0 aromatic heterocycles. The largest absolute Gasteiger partial charge is 0.293 e. The Balaban J connectivity index is 2.24. The predicted molar refractivity (Wildman–Crippen MR) is 65.2 cm³/mol. The Morgan fingerprint density at radius 3 is 2.82 bits per heavy atom. The summed E-state index contributed by atoms with van der Waals surface area (Å²) in [4.78, 5) is 24.6. The second kappa shape index (κ2) is 3.52. The van der Waals surface area contributed by atoms with Gasteiger partial charge in [-0.05, 0) is 19.4 Å². The summed E-state index contributed by atoms with van der Waals surface area (Å²) in [5.74, 6) is -0.172. The first-order valence-electron chi connectivity index (χ1n) is 5.75.